The molecule has 0 spiro atoms. The first-order valence-electron chi connectivity index (χ1n) is 6.10. The fraction of sp³-hybridized carbons (Fsp3) is 0.818. The summed E-state index contributed by atoms with van der Waals surface area (Å²) in [5.41, 5.74) is -2.05. The van der Waals surface area contributed by atoms with E-state index in [0.717, 1.165) is 20.0 Å². The van der Waals surface area contributed by atoms with Gasteiger partial charge < -0.3 is 9.15 Å². The summed E-state index contributed by atoms with van der Waals surface area (Å²) in [5.74, 6) is 1.32. The third-order valence-electron chi connectivity index (χ3n) is 3.63. The maximum Gasteiger partial charge on any atom is 0.419 e. The van der Waals surface area contributed by atoms with Crippen LogP contribution in [-0.4, -0.2) is 47.1 Å². The molecule has 2 fully saturated rings. The highest BCUT2D eigenvalue weighted by Gasteiger charge is 2.62. The maximum atomic E-state index is 12.8. The average Bonchev–Trinajstić information content (AvgIpc) is 3.02. The van der Waals surface area contributed by atoms with Gasteiger partial charge in [-0.05, 0) is 12.8 Å². The van der Waals surface area contributed by atoms with Crippen LogP contribution in [0.5, 0.6) is 0 Å². The molecular formula is C11H14F3N3O2. The van der Waals surface area contributed by atoms with Crippen LogP contribution in [0.15, 0.2) is 4.42 Å². The molecule has 1 aliphatic carbocycles. The first kappa shape index (κ1) is 12.9. The summed E-state index contributed by atoms with van der Waals surface area (Å²) in [6, 6.07) is 0. The predicted octanol–water partition coefficient (Wildman–Crippen LogP) is 1.71. The van der Waals surface area contributed by atoms with Crippen molar-refractivity contribution in [3.05, 3.63) is 11.8 Å². The molecule has 1 saturated heterocycles. The van der Waals surface area contributed by atoms with E-state index in [9.17, 15) is 13.2 Å². The van der Waals surface area contributed by atoms with E-state index in [2.05, 4.69) is 14.9 Å². The van der Waals surface area contributed by atoms with Gasteiger partial charge in [-0.25, -0.2) is 0 Å². The van der Waals surface area contributed by atoms with Crippen molar-refractivity contribution in [2.24, 2.45) is 0 Å². The minimum absolute atomic E-state index is 0.200. The fourth-order valence-electron chi connectivity index (χ4n) is 2.23. The Morgan fingerprint density at radius 3 is 2.58 bits per heavy atom. The summed E-state index contributed by atoms with van der Waals surface area (Å²) in [6.45, 7) is -0.163. The molecule has 106 valence electrons. The quantitative estimate of drug-likeness (QED) is 0.838. The van der Waals surface area contributed by atoms with Crippen LogP contribution in [0.1, 0.15) is 30.5 Å². The third kappa shape index (κ3) is 2.23. The number of likely N-dealkylation sites (tertiary alicyclic amines) is 1. The van der Waals surface area contributed by atoms with Gasteiger partial charge in [0.1, 0.15) is 0 Å². The van der Waals surface area contributed by atoms with Crippen LogP contribution in [0.25, 0.3) is 0 Å². The van der Waals surface area contributed by atoms with E-state index in [1.807, 2.05) is 0 Å². The van der Waals surface area contributed by atoms with E-state index < -0.39 is 11.8 Å². The normalized spacial score (nSPS) is 23.4. The molecule has 5 nitrogen and oxygen atoms in total. The number of hydrogen-bond donors (Lipinski definition) is 0. The van der Waals surface area contributed by atoms with Gasteiger partial charge in [-0.3, -0.25) is 4.90 Å². The summed E-state index contributed by atoms with van der Waals surface area (Å²) in [7, 11) is 1.09. The van der Waals surface area contributed by atoms with Crippen molar-refractivity contribution in [3.63, 3.8) is 0 Å². The molecule has 1 aliphatic heterocycles. The lowest BCUT2D eigenvalue weighted by molar-refractivity contribution is -0.312. The Morgan fingerprint density at radius 2 is 2.05 bits per heavy atom. The molecule has 3 rings (SSSR count). The number of halogens is 3. The Labute approximate surface area is 107 Å². The van der Waals surface area contributed by atoms with Gasteiger partial charge in [-0.2, -0.15) is 13.2 Å². The zero-order valence-electron chi connectivity index (χ0n) is 10.4. The Kier molecular flexibility index (Phi) is 2.82. The van der Waals surface area contributed by atoms with Gasteiger partial charge in [0.2, 0.25) is 11.8 Å². The van der Waals surface area contributed by atoms with E-state index >= 15 is 0 Å². The monoisotopic (exact) mass is 277 g/mol. The van der Waals surface area contributed by atoms with Gasteiger partial charge in [0.15, 0.2) is 5.60 Å². The minimum Gasteiger partial charge on any atom is -0.424 e. The highest BCUT2D eigenvalue weighted by atomic mass is 19.4. The predicted molar refractivity (Wildman–Crippen MR) is 57.3 cm³/mol. The Bertz CT molecular complexity index is 464. The number of alkyl halides is 3. The second-order valence-electron chi connectivity index (χ2n) is 5.15. The summed E-state index contributed by atoms with van der Waals surface area (Å²) in [4.78, 5) is 1.58. The van der Waals surface area contributed by atoms with Gasteiger partial charge in [0.25, 0.3) is 0 Å². The molecule has 0 N–H and O–H groups in total. The standard InChI is InChI=1S/C11H14F3N3O2/c1-18-10(11(12,13)14)5-17(6-10)4-8-15-16-9(19-8)7-2-3-7/h7H,2-6H2,1H3. The summed E-state index contributed by atoms with van der Waals surface area (Å²) >= 11 is 0. The smallest absolute Gasteiger partial charge is 0.419 e. The fourth-order valence-corrected chi connectivity index (χ4v) is 2.23. The molecular weight excluding hydrogens is 263 g/mol. The molecule has 8 heteroatoms. The lowest BCUT2D eigenvalue weighted by atomic mass is 9.93. The first-order valence-corrected chi connectivity index (χ1v) is 6.10. The maximum absolute atomic E-state index is 12.8. The average molecular weight is 277 g/mol. The number of ether oxygens (including phenoxy) is 1. The largest absolute Gasteiger partial charge is 0.424 e. The van der Waals surface area contributed by atoms with Crippen molar-refractivity contribution in [2.45, 2.75) is 37.1 Å². The molecule has 0 bridgehead atoms. The molecule has 2 aliphatic rings. The van der Waals surface area contributed by atoms with Crippen molar-refractivity contribution in [1.29, 1.82) is 0 Å². The summed E-state index contributed by atoms with van der Waals surface area (Å²) < 4.78 is 48.4. The number of aromatic nitrogens is 2. The molecule has 0 radical (unpaired) electrons. The number of rotatable bonds is 4. The van der Waals surface area contributed by atoms with E-state index in [4.69, 9.17) is 4.42 Å². The number of methoxy groups -OCH3 is 1. The molecule has 19 heavy (non-hydrogen) atoms. The van der Waals surface area contributed by atoms with Crippen molar-refractivity contribution in [3.8, 4) is 0 Å². The molecule has 1 aromatic rings. The SMILES string of the molecule is COC1(C(F)(F)F)CN(Cc2nnc(C3CC3)o2)C1. The van der Waals surface area contributed by atoms with Gasteiger partial charge >= 0.3 is 6.18 Å². The molecule has 0 unspecified atom stereocenters. The Balaban J connectivity index is 1.58. The van der Waals surface area contributed by atoms with Crippen LogP contribution in [0.2, 0.25) is 0 Å². The van der Waals surface area contributed by atoms with Crippen molar-refractivity contribution < 1.29 is 22.3 Å². The van der Waals surface area contributed by atoms with Crippen LogP contribution in [0, 0.1) is 0 Å². The third-order valence-corrected chi connectivity index (χ3v) is 3.63. The van der Waals surface area contributed by atoms with Crippen LogP contribution < -0.4 is 0 Å². The summed E-state index contributed by atoms with van der Waals surface area (Å²) in [6.07, 6.45) is -2.26. The highest BCUT2D eigenvalue weighted by molar-refractivity contribution is 5.04. The molecule has 0 atom stereocenters. The van der Waals surface area contributed by atoms with Crippen LogP contribution in [-0.2, 0) is 11.3 Å². The van der Waals surface area contributed by atoms with Gasteiger partial charge in [-0.1, -0.05) is 0 Å². The zero-order valence-corrected chi connectivity index (χ0v) is 10.4. The first-order chi connectivity index (χ1) is 8.93. The lowest BCUT2D eigenvalue weighted by Gasteiger charge is -2.48. The second kappa shape index (κ2) is 4.17. The van der Waals surface area contributed by atoms with Crippen molar-refractivity contribution in [1.82, 2.24) is 15.1 Å². The van der Waals surface area contributed by atoms with E-state index in [0.29, 0.717) is 17.7 Å². The second-order valence-corrected chi connectivity index (χ2v) is 5.15. The van der Waals surface area contributed by atoms with E-state index in [-0.39, 0.29) is 19.6 Å². The van der Waals surface area contributed by atoms with Gasteiger partial charge in [-0.15, -0.1) is 10.2 Å². The Morgan fingerprint density at radius 1 is 1.37 bits per heavy atom. The zero-order chi connectivity index (χ0) is 13.7. The summed E-state index contributed by atoms with van der Waals surface area (Å²) in [5, 5.41) is 7.75. The Hall–Kier alpha value is -1.15. The topological polar surface area (TPSA) is 51.4 Å². The number of nitrogens with zero attached hydrogens (tertiary/aromatic N) is 3. The van der Waals surface area contributed by atoms with Crippen molar-refractivity contribution >= 4 is 0 Å². The molecule has 1 aromatic heterocycles. The van der Waals surface area contributed by atoms with E-state index in [1.54, 1.807) is 4.90 Å². The minimum atomic E-state index is -4.35. The number of hydrogen-bond acceptors (Lipinski definition) is 5. The highest BCUT2D eigenvalue weighted by Crippen LogP contribution is 2.41. The van der Waals surface area contributed by atoms with E-state index in [1.165, 1.54) is 0 Å². The van der Waals surface area contributed by atoms with Gasteiger partial charge in [0, 0.05) is 26.1 Å². The van der Waals surface area contributed by atoms with Crippen LogP contribution >= 0.6 is 0 Å². The van der Waals surface area contributed by atoms with Crippen LogP contribution in [0.3, 0.4) is 0 Å². The molecule has 0 amide bonds. The molecule has 0 aromatic carbocycles. The lowest BCUT2D eigenvalue weighted by Crippen LogP contribution is -2.69. The van der Waals surface area contributed by atoms with Crippen LogP contribution in [0.4, 0.5) is 13.2 Å². The van der Waals surface area contributed by atoms with Gasteiger partial charge in [0.05, 0.1) is 6.54 Å². The molecule has 2 heterocycles. The van der Waals surface area contributed by atoms with Crippen molar-refractivity contribution in [2.75, 3.05) is 20.2 Å². The molecule has 1 saturated carbocycles.